The predicted molar refractivity (Wildman–Crippen MR) is 412 cm³/mol. The Hall–Kier alpha value is -11.5. The van der Waals surface area contributed by atoms with Crippen molar-refractivity contribution in [2.45, 2.75) is 188 Å². The zero-order valence-electron chi connectivity index (χ0n) is 64.2. The minimum atomic E-state index is -8.09. The van der Waals surface area contributed by atoms with Crippen molar-refractivity contribution in [1.29, 1.82) is 10.5 Å². The lowest BCUT2D eigenvalue weighted by molar-refractivity contribution is -0.440. The van der Waals surface area contributed by atoms with E-state index in [1.54, 1.807) is 48.5 Å². The number of nitriles is 2. The van der Waals surface area contributed by atoms with Crippen LogP contribution in [0.4, 0.5) is 114 Å². The van der Waals surface area contributed by atoms with E-state index in [4.69, 9.17) is 53.9 Å². The summed E-state index contributed by atoms with van der Waals surface area (Å²) >= 11 is 0. The van der Waals surface area contributed by atoms with E-state index in [1.807, 2.05) is 12.1 Å². The number of rotatable bonds is 45. The predicted octanol–water partition coefficient (Wildman–Crippen LogP) is 20.8. The van der Waals surface area contributed by atoms with E-state index in [0.717, 1.165) is 18.6 Å². The number of unbranched alkanes of at least 4 members (excludes halogenated alkanes) is 2. The molecule has 130 heavy (non-hydrogen) atoms. The van der Waals surface area contributed by atoms with Crippen molar-refractivity contribution in [3.63, 3.8) is 0 Å². The van der Waals surface area contributed by atoms with E-state index in [9.17, 15) is 153 Å². The molecule has 0 saturated carbocycles. The molecule has 0 amide bonds. The first-order chi connectivity index (χ1) is 57.2. The highest BCUT2D eigenvalue weighted by Gasteiger charge is 2.92. The lowest BCUT2D eigenvalue weighted by Gasteiger charge is -2.39. The number of ether oxygens (including phenoxy) is 10. The minimum absolute atomic E-state index is 0. The van der Waals surface area contributed by atoms with Gasteiger partial charge in [0.1, 0.15) is 36.2 Å². The van der Waals surface area contributed by atoms with Crippen molar-refractivity contribution in [3.8, 4) is 35.1 Å². The molecule has 0 bridgehead atoms. The first-order valence-corrected chi connectivity index (χ1v) is 35.2. The highest BCUT2D eigenvalue weighted by Crippen LogP contribution is 2.62. The third-order valence-corrected chi connectivity index (χ3v) is 16.0. The Morgan fingerprint density at radius 3 is 0.977 bits per heavy atom. The molecule has 0 aliphatic rings. The van der Waals surface area contributed by atoms with Crippen LogP contribution in [-0.2, 0) is 57.2 Å². The van der Waals surface area contributed by atoms with Crippen LogP contribution in [0.15, 0.2) is 135 Å². The van der Waals surface area contributed by atoms with Gasteiger partial charge in [-0.15, -0.1) is 0 Å². The summed E-state index contributed by atoms with van der Waals surface area (Å²) in [5.41, 5.74) is 1.45. The Bertz CT molecular complexity index is 4220. The Labute approximate surface area is 730 Å². The molecule has 0 spiro atoms. The third-order valence-electron chi connectivity index (χ3n) is 16.0. The molecule has 48 heteroatoms. The van der Waals surface area contributed by atoms with Crippen LogP contribution in [0.2, 0.25) is 0 Å². The van der Waals surface area contributed by atoms with E-state index in [1.165, 1.54) is 62.4 Å². The smallest absolute Gasteiger partial charge is 0.460 e. The molecule has 0 fully saturated rings. The second-order valence-corrected chi connectivity index (χ2v) is 24.9. The van der Waals surface area contributed by atoms with Crippen LogP contribution in [-0.4, -0.2) is 196 Å². The fraction of sp³-hybridized carbons (Fsp3) is 0.512. The molecule has 0 radical (unpaired) electrons. The number of aliphatic hydroxyl groups excluding tert-OH is 2. The second kappa shape index (κ2) is 56.9. The first-order valence-electron chi connectivity index (χ1n) is 35.2. The normalized spacial score (nSPS) is 12.4. The van der Waals surface area contributed by atoms with Crippen LogP contribution < -0.4 is 18.9 Å². The van der Waals surface area contributed by atoms with Gasteiger partial charge in [0.15, 0.2) is 0 Å². The van der Waals surface area contributed by atoms with Gasteiger partial charge in [-0.1, -0.05) is 78.1 Å². The molecule has 4 aromatic rings. The Morgan fingerprint density at radius 2 is 0.662 bits per heavy atom. The number of benzene rings is 4. The van der Waals surface area contributed by atoms with Crippen molar-refractivity contribution in [2.75, 3.05) is 66.1 Å². The molecule has 0 saturated heterocycles. The van der Waals surface area contributed by atoms with Gasteiger partial charge < -0.3 is 57.6 Å². The van der Waals surface area contributed by atoms with E-state index >= 15 is 0 Å². The van der Waals surface area contributed by atoms with Crippen molar-refractivity contribution < 1.29 is 210 Å². The Morgan fingerprint density at radius 1 is 0.377 bits per heavy atom. The molecule has 22 nitrogen and oxygen atoms in total. The van der Waals surface area contributed by atoms with Crippen LogP contribution in [0.3, 0.4) is 0 Å². The molecule has 0 heterocycles. The molecule has 4 aromatic carbocycles. The number of alkyl halides is 26. The van der Waals surface area contributed by atoms with Gasteiger partial charge in [0.2, 0.25) is 0 Å². The first kappa shape index (κ1) is 129. The summed E-state index contributed by atoms with van der Waals surface area (Å²) in [7, 11) is 0. The fourth-order valence-corrected chi connectivity index (χ4v) is 9.15. The van der Waals surface area contributed by atoms with Crippen molar-refractivity contribution in [3.05, 3.63) is 157 Å². The summed E-state index contributed by atoms with van der Waals surface area (Å²) < 4.78 is 389. The number of hydrogen-bond acceptors (Lipinski definition) is 22. The molecular weight excluding hydrogens is 1830 g/mol. The molecule has 0 aliphatic heterocycles. The SMILES string of the molecule is C.C.C.C.C.C.C=CC(=O)OCCC(F)(F)C(F)(F)C(F)(F)C(F)(F)C(F)(F)C(F)(F)F.C=CC(=O)OCCCCOc1ccc(C(=O)Oc2ccc(C#N)cc2)cc1.C=CC(=O)OCCO.CCC(C(=O)OCCC(F)(F)C(F)(F)C(F)(F)C(F)(F)C(F)(F)C(F)(F)F)C(CC(=O)OCCCCOc1ccc(C(=O)Oc2ccc(C#N)cc2)cc1)CC(C)C(=O)OCCO. The van der Waals surface area contributed by atoms with Crippen LogP contribution in [0.5, 0.6) is 23.0 Å². The quantitative estimate of drug-likeness (QED) is 0.0104. The van der Waals surface area contributed by atoms with Gasteiger partial charge >= 0.3 is 119 Å². The summed E-state index contributed by atoms with van der Waals surface area (Å²) in [5.74, 6) is -84.8. The van der Waals surface area contributed by atoms with Gasteiger partial charge in [-0.3, -0.25) is 14.4 Å². The summed E-state index contributed by atoms with van der Waals surface area (Å²) in [6, 6.07) is 28.5. The van der Waals surface area contributed by atoms with Crippen LogP contribution in [0, 0.1) is 40.4 Å². The molecule has 738 valence electrons. The van der Waals surface area contributed by atoms with E-state index < -0.39 is 189 Å². The van der Waals surface area contributed by atoms with E-state index in [0.29, 0.717) is 66.1 Å². The molecule has 4 rings (SSSR count). The Kier molecular flexibility index (Phi) is 56.6. The summed E-state index contributed by atoms with van der Waals surface area (Å²) in [5, 5.41) is 34.7. The highest BCUT2D eigenvalue weighted by molar-refractivity contribution is 5.92. The molecular formula is C82H98F26N2O20. The minimum Gasteiger partial charge on any atom is -0.494 e. The maximum atomic E-state index is 14.3. The number of esters is 8. The highest BCUT2D eigenvalue weighted by atomic mass is 19.4. The number of aliphatic hydroxyl groups is 2. The molecule has 0 aromatic heterocycles. The van der Waals surface area contributed by atoms with Crippen molar-refractivity contribution in [1.82, 2.24) is 0 Å². The topological polar surface area (TPSA) is 317 Å². The summed E-state index contributed by atoms with van der Waals surface area (Å²) in [6.07, 6.45) is -17.4. The summed E-state index contributed by atoms with van der Waals surface area (Å²) in [6.45, 7) is 7.46. The average Bonchev–Trinajstić information content (AvgIpc) is 0.715. The monoisotopic (exact) mass is 1920 g/mol. The van der Waals surface area contributed by atoms with Gasteiger partial charge in [-0.05, 0) is 142 Å². The maximum Gasteiger partial charge on any atom is 0.460 e. The van der Waals surface area contributed by atoms with Crippen LogP contribution in [0.25, 0.3) is 0 Å². The van der Waals surface area contributed by atoms with Crippen LogP contribution >= 0.6 is 0 Å². The van der Waals surface area contributed by atoms with Crippen LogP contribution in [0.1, 0.15) is 148 Å². The zero-order valence-corrected chi connectivity index (χ0v) is 64.2. The summed E-state index contributed by atoms with van der Waals surface area (Å²) in [4.78, 5) is 94.1. The van der Waals surface area contributed by atoms with Crippen molar-refractivity contribution >= 4 is 47.8 Å². The third kappa shape index (κ3) is 36.5. The molecule has 0 aliphatic carbocycles. The number of hydrogen-bond donors (Lipinski definition) is 2. The van der Waals surface area contributed by atoms with Gasteiger partial charge in [-0.2, -0.15) is 125 Å². The lowest BCUT2D eigenvalue weighted by atomic mass is 9.81. The largest absolute Gasteiger partial charge is 0.494 e. The molecule has 3 unspecified atom stereocenters. The zero-order chi connectivity index (χ0) is 95.3. The van der Waals surface area contributed by atoms with Gasteiger partial charge in [0, 0.05) is 24.6 Å². The van der Waals surface area contributed by atoms with E-state index in [-0.39, 0.29) is 95.1 Å². The average molecular weight is 1930 g/mol. The van der Waals surface area contributed by atoms with Gasteiger partial charge in [0.25, 0.3) is 0 Å². The standard InChI is InChI=1S/C39H40F13NO10.C21H19NO5.C11H7F13O2.C5H8O3.6CH4/c1-3-29(33(58)61-18-14-34(40,41)35(42,43)36(44,45)37(46,47)38(48,49)39(50,51)52)26(20-23(2)31(56)62-19-15-54)21-30(55)60-17-5-4-16-59-27-12-8-25(9-13-27)32(57)63-28-10-6-24(22-53)7-11-28;1-2-20(23)26-14-4-3-13-25-18-11-7-17(8-12-18)21(24)27-19-9-5-16(15-22)6-10-19;1-2-5(25)26-4-3-6(12,13)7(14,15)8(16,17)9(18,19)10(20,21)11(22,23)24;1-2-5(7)8-4-3-6;;;;;;/h6-13,23,26,29,54H,3-5,14-21H2,1-2H3;2,5-12H,1,3-4,13-14H2;2H,1,3-4H2;2,6H,1,3-4H2;6*1H4. The van der Waals surface area contributed by atoms with E-state index in [2.05, 4.69) is 33.9 Å². The number of halogens is 26. The van der Waals surface area contributed by atoms with Gasteiger partial charge in [-0.25, -0.2) is 24.0 Å². The van der Waals surface area contributed by atoms with Gasteiger partial charge in [0.05, 0.1) is 112 Å². The number of carbonyl (C=O) groups excluding carboxylic acids is 8. The lowest BCUT2D eigenvalue weighted by Crippen LogP contribution is -2.70. The number of carbonyl (C=O) groups is 8. The number of nitrogens with zero attached hydrogens (tertiary/aromatic N) is 2. The second-order valence-electron chi connectivity index (χ2n) is 24.9. The Balaban J connectivity index is -0.000000473. The molecule has 2 N–H and O–H groups in total. The maximum absolute atomic E-state index is 14.3. The molecule has 3 atom stereocenters. The fourth-order valence-electron chi connectivity index (χ4n) is 9.15. The van der Waals surface area contributed by atoms with Crippen molar-refractivity contribution in [2.24, 2.45) is 17.8 Å².